The largest absolute Gasteiger partial charge is 0.508 e. The second-order valence-corrected chi connectivity index (χ2v) is 12.9. The second kappa shape index (κ2) is 11.4. The van der Waals surface area contributed by atoms with Crippen LogP contribution in [0.25, 0.3) is 32.9 Å². The SMILES string of the molecule is CCc1c(F)ccc2cc(O)cc(-c3ncc4c(N5CCC[C@H](C)C5)nc(OC[C@]56CCCN5[C@@H](CO)CC6)nc4c3F)c12. The monoisotopic (exact) mass is 603 g/mol. The first kappa shape index (κ1) is 29.1. The fourth-order valence-corrected chi connectivity index (χ4v) is 7.93. The topological polar surface area (TPSA) is 94.8 Å². The second-order valence-electron chi connectivity index (χ2n) is 12.9. The summed E-state index contributed by atoms with van der Waals surface area (Å²) >= 11 is 0. The number of phenols is 1. The molecule has 0 amide bonds. The van der Waals surface area contributed by atoms with Gasteiger partial charge < -0.3 is 19.8 Å². The number of halogens is 2. The van der Waals surface area contributed by atoms with Gasteiger partial charge in [-0.2, -0.15) is 9.97 Å². The predicted molar refractivity (Wildman–Crippen MR) is 166 cm³/mol. The molecule has 8 nitrogen and oxygen atoms in total. The Labute approximate surface area is 255 Å². The van der Waals surface area contributed by atoms with Gasteiger partial charge in [-0.25, -0.2) is 8.78 Å². The number of phenolic OH excluding ortho intramolecular Hbond substituents is 1. The van der Waals surface area contributed by atoms with Gasteiger partial charge in [0.2, 0.25) is 0 Å². The number of aliphatic hydroxyl groups excluding tert-OH is 1. The van der Waals surface area contributed by atoms with Crippen molar-refractivity contribution in [3.8, 4) is 23.0 Å². The first-order chi connectivity index (χ1) is 21.3. The minimum Gasteiger partial charge on any atom is -0.508 e. The number of rotatable bonds is 7. The number of aromatic nitrogens is 3. The number of anilines is 1. The van der Waals surface area contributed by atoms with Crippen LogP contribution in [0.1, 0.15) is 57.9 Å². The molecule has 0 aliphatic carbocycles. The minimum atomic E-state index is -0.666. The van der Waals surface area contributed by atoms with Crippen LogP contribution >= 0.6 is 0 Å². The highest BCUT2D eigenvalue weighted by Crippen LogP contribution is 2.43. The maximum atomic E-state index is 16.8. The summed E-state index contributed by atoms with van der Waals surface area (Å²) in [6.45, 7) is 7.02. The van der Waals surface area contributed by atoms with Crippen LogP contribution in [0.3, 0.4) is 0 Å². The molecular formula is C34H39F2N5O3. The van der Waals surface area contributed by atoms with Crippen LogP contribution in [-0.2, 0) is 6.42 Å². The quantitative estimate of drug-likeness (QED) is 0.266. The van der Waals surface area contributed by atoms with E-state index in [0.717, 1.165) is 58.2 Å². The van der Waals surface area contributed by atoms with Gasteiger partial charge in [-0.3, -0.25) is 9.88 Å². The number of hydrogen-bond donors (Lipinski definition) is 2. The van der Waals surface area contributed by atoms with Crippen molar-refractivity contribution in [1.29, 1.82) is 0 Å². The van der Waals surface area contributed by atoms with Crippen molar-refractivity contribution < 1.29 is 23.7 Å². The average molecular weight is 604 g/mol. The van der Waals surface area contributed by atoms with Gasteiger partial charge in [-0.05, 0) is 91.9 Å². The van der Waals surface area contributed by atoms with Crippen LogP contribution in [0, 0.1) is 17.6 Å². The van der Waals surface area contributed by atoms with E-state index in [1.165, 1.54) is 12.1 Å². The molecule has 0 bridgehead atoms. The molecular weight excluding hydrogens is 564 g/mol. The summed E-state index contributed by atoms with van der Waals surface area (Å²) in [5.74, 6) is -0.0631. The van der Waals surface area contributed by atoms with Crippen LogP contribution in [0.4, 0.5) is 14.6 Å². The zero-order valence-electron chi connectivity index (χ0n) is 25.3. The molecule has 4 aromatic rings. The van der Waals surface area contributed by atoms with Crippen molar-refractivity contribution in [3.63, 3.8) is 0 Å². The lowest BCUT2D eigenvalue weighted by molar-refractivity contribution is 0.0644. The lowest BCUT2D eigenvalue weighted by Crippen LogP contribution is -2.47. The summed E-state index contributed by atoms with van der Waals surface area (Å²) in [6.07, 6.45) is 7.94. The summed E-state index contributed by atoms with van der Waals surface area (Å²) < 4.78 is 38.0. The Hall–Kier alpha value is -3.63. The molecule has 0 radical (unpaired) electrons. The maximum absolute atomic E-state index is 16.8. The number of aromatic hydroxyl groups is 1. The molecule has 44 heavy (non-hydrogen) atoms. The van der Waals surface area contributed by atoms with Crippen molar-refractivity contribution in [2.24, 2.45) is 5.92 Å². The number of ether oxygens (including phenoxy) is 1. The fraction of sp³-hybridized carbons (Fsp3) is 0.500. The number of nitrogens with zero attached hydrogens (tertiary/aromatic N) is 5. The van der Waals surface area contributed by atoms with Crippen molar-refractivity contribution in [3.05, 3.63) is 47.7 Å². The molecule has 2 N–H and O–H groups in total. The number of piperidine rings is 1. The third kappa shape index (κ3) is 4.83. The Morgan fingerprint density at radius 3 is 2.75 bits per heavy atom. The Balaban J connectivity index is 1.36. The highest BCUT2D eigenvalue weighted by molar-refractivity contribution is 6.01. The van der Waals surface area contributed by atoms with Gasteiger partial charge in [-0.1, -0.05) is 19.9 Å². The van der Waals surface area contributed by atoms with E-state index in [9.17, 15) is 14.6 Å². The molecule has 3 atom stereocenters. The van der Waals surface area contributed by atoms with E-state index < -0.39 is 5.82 Å². The Kier molecular flexibility index (Phi) is 7.53. The smallest absolute Gasteiger partial charge is 0.319 e. The minimum absolute atomic E-state index is 0.0107. The molecule has 0 saturated carbocycles. The van der Waals surface area contributed by atoms with Crippen molar-refractivity contribution in [2.75, 3.05) is 37.7 Å². The average Bonchev–Trinajstić information content (AvgIpc) is 3.59. The van der Waals surface area contributed by atoms with E-state index in [1.807, 2.05) is 6.92 Å². The standard InChI is InChI=1S/C34H39F2N5O3/c1-3-24-27(35)8-7-21-14-23(43)15-25(28(21)24)30-29(36)31-26(16-37-30)32(40-12-4-6-20(2)17-40)39-33(38-31)44-19-34-10-5-13-41(34)22(18-42)9-11-34/h7-8,14-16,20,22,42-43H,3-6,9-13,17-19H2,1-2H3/t20-,22+,34+/m0/s1. The number of hydrogen-bond acceptors (Lipinski definition) is 8. The van der Waals surface area contributed by atoms with Crippen molar-refractivity contribution in [2.45, 2.75) is 70.4 Å². The third-order valence-corrected chi connectivity index (χ3v) is 10.1. The van der Waals surface area contributed by atoms with Crippen LogP contribution in [-0.4, -0.2) is 74.5 Å². The van der Waals surface area contributed by atoms with Gasteiger partial charge in [0.05, 0.1) is 17.5 Å². The molecule has 3 aliphatic rings. The number of fused-ring (bicyclic) bond motifs is 3. The fourth-order valence-electron chi connectivity index (χ4n) is 7.93. The highest BCUT2D eigenvalue weighted by Gasteiger charge is 2.49. The molecule has 10 heteroatoms. The van der Waals surface area contributed by atoms with Gasteiger partial charge in [0.25, 0.3) is 0 Å². The van der Waals surface area contributed by atoms with E-state index in [4.69, 9.17) is 9.72 Å². The first-order valence-corrected chi connectivity index (χ1v) is 15.9. The van der Waals surface area contributed by atoms with Gasteiger partial charge in [0.1, 0.15) is 35.2 Å². The zero-order chi connectivity index (χ0) is 30.6. The lowest BCUT2D eigenvalue weighted by Gasteiger charge is -2.34. The molecule has 3 saturated heterocycles. The van der Waals surface area contributed by atoms with Gasteiger partial charge in [0, 0.05) is 30.9 Å². The first-order valence-electron chi connectivity index (χ1n) is 15.9. The number of benzene rings is 2. The summed E-state index contributed by atoms with van der Waals surface area (Å²) in [6, 6.07) is 6.19. The van der Waals surface area contributed by atoms with E-state index in [1.54, 1.807) is 18.3 Å². The van der Waals surface area contributed by atoms with E-state index in [0.29, 0.717) is 52.0 Å². The molecule has 7 rings (SSSR count). The van der Waals surface area contributed by atoms with Gasteiger partial charge >= 0.3 is 6.01 Å². The van der Waals surface area contributed by atoms with Crippen molar-refractivity contribution >= 4 is 27.5 Å². The number of aryl methyl sites for hydroxylation is 1. The molecule has 0 spiro atoms. The van der Waals surface area contributed by atoms with Crippen LogP contribution in [0.15, 0.2) is 30.5 Å². The highest BCUT2D eigenvalue weighted by atomic mass is 19.1. The van der Waals surface area contributed by atoms with E-state index in [2.05, 4.69) is 26.7 Å². The molecule has 3 aliphatic heterocycles. The molecule has 0 unspecified atom stereocenters. The third-order valence-electron chi connectivity index (χ3n) is 10.1. The van der Waals surface area contributed by atoms with Crippen molar-refractivity contribution in [1.82, 2.24) is 19.9 Å². The number of pyridine rings is 1. The van der Waals surface area contributed by atoms with Gasteiger partial charge in [-0.15, -0.1) is 0 Å². The summed E-state index contributed by atoms with van der Waals surface area (Å²) in [5.41, 5.74) is 0.635. The van der Waals surface area contributed by atoms with Crippen LogP contribution in [0.5, 0.6) is 11.8 Å². The molecule has 232 valence electrons. The summed E-state index contributed by atoms with van der Waals surface area (Å²) in [5, 5.41) is 22.1. The molecule has 3 fully saturated rings. The zero-order valence-corrected chi connectivity index (χ0v) is 25.3. The van der Waals surface area contributed by atoms with Crippen LogP contribution in [0.2, 0.25) is 0 Å². The normalized spacial score (nSPS) is 24.0. The molecule has 2 aromatic heterocycles. The Morgan fingerprint density at radius 2 is 1.95 bits per heavy atom. The Morgan fingerprint density at radius 1 is 1.09 bits per heavy atom. The maximum Gasteiger partial charge on any atom is 0.319 e. The lowest BCUT2D eigenvalue weighted by atomic mass is 9.94. The summed E-state index contributed by atoms with van der Waals surface area (Å²) in [4.78, 5) is 18.6. The van der Waals surface area contributed by atoms with Gasteiger partial charge in [0.15, 0.2) is 5.82 Å². The molecule has 2 aromatic carbocycles. The Bertz CT molecular complexity index is 1740. The van der Waals surface area contributed by atoms with E-state index in [-0.39, 0.29) is 47.0 Å². The summed E-state index contributed by atoms with van der Waals surface area (Å²) in [7, 11) is 0. The van der Waals surface area contributed by atoms with E-state index >= 15 is 4.39 Å². The predicted octanol–water partition coefficient (Wildman–Crippen LogP) is 6.00. The number of aliphatic hydroxyl groups is 1. The van der Waals surface area contributed by atoms with Crippen LogP contribution < -0.4 is 9.64 Å². The molecule has 5 heterocycles.